The lowest BCUT2D eigenvalue weighted by Crippen LogP contribution is -2.51. The van der Waals surface area contributed by atoms with E-state index >= 15 is 0 Å². The highest BCUT2D eigenvalue weighted by molar-refractivity contribution is 5.87. The fourth-order valence-corrected chi connectivity index (χ4v) is 9.92. The van der Waals surface area contributed by atoms with Crippen LogP contribution >= 0.6 is 0 Å². The van der Waals surface area contributed by atoms with Crippen molar-refractivity contribution < 1.29 is 33.4 Å². The number of likely N-dealkylation sites (tertiary alicyclic amines) is 2. The van der Waals surface area contributed by atoms with Crippen molar-refractivity contribution in [3.05, 3.63) is 83.4 Å². The minimum atomic E-state index is -0.710. The number of methoxy groups -OCH3 is 2. The van der Waals surface area contributed by atoms with Gasteiger partial charge in [0.2, 0.25) is 11.8 Å². The van der Waals surface area contributed by atoms with Crippen LogP contribution in [0.2, 0.25) is 0 Å². The molecule has 64 heavy (non-hydrogen) atoms. The average molecular weight is 876 g/mol. The number of ether oxygens (including phenoxy) is 3. The Bertz CT molecular complexity index is 2340. The predicted molar refractivity (Wildman–Crippen MR) is 243 cm³/mol. The molecule has 5 heterocycles. The van der Waals surface area contributed by atoms with Crippen molar-refractivity contribution >= 4 is 51.8 Å². The van der Waals surface area contributed by atoms with Crippen LogP contribution in [-0.2, 0) is 19.1 Å². The first-order valence-corrected chi connectivity index (χ1v) is 22.7. The second kappa shape index (κ2) is 18.8. The van der Waals surface area contributed by atoms with Crippen LogP contribution in [0, 0.1) is 11.8 Å². The Labute approximate surface area is 373 Å². The summed E-state index contributed by atoms with van der Waals surface area (Å²) in [6.07, 6.45) is 3.76. The Morgan fingerprint density at radius 2 is 1.11 bits per heavy atom. The fraction of sp³-hybridized carbons (Fsp3) is 0.500. The Balaban J connectivity index is 1.07. The lowest BCUT2D eigenvalue weighted by molar-refractivity contribution is -0.136. The second-order valence-electron chi connectivity index (χ2n) is 17.8. The number of rotatable bonds is 13. The standard InChI is InChI=1S/C48H61N9O7/c1-8-64-32-17-15-31(16-18-32)57-37(29-13-19-33-35(25-29)51-43(49-33)39-11-9-23-55(39)45(58)41(27(2)3)53-47(60)62-6)21-22-38(57)30-14-20-34-36(26-30)52-44(50-34)40-12-10-24-56(40)46(59)42(28(4)5)54-48(61)63-7/h13-20,25-28,37-42H,8-12,21-24H2,1-7H3,(H,49,51)(H,50,52)(H,53,60)(H,54,61)/t37-,38-,39+,40+,41+,42?/m1/s1. The molecule has 0 spiro atoms. The number of fused-ring (bicyclic) bond motifs is 2. The highest BCUT2D eigenvalue weighted by Crippen LogP contribution is 2.48. The molecule has 3 fully saturated rings. The number of nitrogens with zero attached hydrogens (tertiary/aromatic N) is 5. The number of amides is 4. The topological polar surface area (TPSA) is 187 Å². The van der Waals surface area contributed by atoms with Crippen LogP contribution in [0.4, 0.5) is 15.3 Å². The van der Waals surface area contributed by atoms with E-state index in [0.717, 1.165) is 94.8 Å². The third kappa shape index (κ3) is 8.78. The van der Waals surface area contributed by atoms with Crippen molar-refractivity contribution in [3.8, 4) is 5.75 Å². The number of aromatic nitrogens is 4. The molecule has 340 valence electrons. The van der Waals surface area contributed by atoms with Crippen LogP contribution in [-0.4, -0.2) is 99.7 Å². The van der Waals surface area contributed by atoms with Gasteiger partial charge in [-0.15, -0.1) is 0 Å². The number of benzene rings is 3. The van der Waals surface area contributed by atoms with E-state index in [1.54, 1.807) is 0 Å². The van der Waals surface area contributed by atoms with Gasteiger partial charge < -0.3 is 49.5 Å². The van der Waals surface area contributed by atoms with Crippen molar-refractivity contribution in [1.82, 2.24) is 40.4 Å². The molecule has 0 aliphatic carbocycles. The summed E-state index contributed by atoms with van der Waals surface area (Å²) in [4.78, 5) is 75.4. The highest BCUT2D eigenvalue weighted by atomic mass is 16.5. The maximum Gasteiger partial charge on any atom is 0.407 e. The van der Waals surface area contributed by atoms with Crippen LogP contribution in [0.25, 0.3) is 22.1 Å². The van der Waals surface area contributed by atoms with Crippen LogP contribution in [0.5, 0.6) is 5.75 Å². The first-order chi connectivity index (χ1) is 30.9. The van der Waals surface area contributed by atoms with E-state index in [1.165, 1.54) is 14.2 Å². The van der Waals surface area contributed by atoms with Gasteiger partial charge in [0.05, 0.1) is 67.1 Å². The molecule has 0 radical (unpaired) electrons. The minimum Gasteiger partial charge on any atom is -0.494 e. The maximum atomic E-state index is 13.9. The van der Waals surface area contributed by atoms with E-state index in [4.69, 9.17) is 24.2 Å². The van der Waals surface area contributed by atoms with E-state index in [-0.39, 0.29) is 47.8 Å². The van der Waals surface area contributed by atoms with E-state index in [0.29, 0.717) is 19.7 Å². The van der Waals surface area contributed by atoms with Crippen LogP contribution in [0.3, 0.4) is 0 Å². The van der Waals surface area contributed by atoms with Crippen molar-refractivity contribution in [2.75, 3.05) is 38.8 Å². The average Bonchev–Trinajstić information content (AvgIpc) is 4.15. The molecule has 8 rings (SSSR count). The summed E-state index contributed by atoms with van der Waals surface area (Å²) in [5.74, 6) is 1.76. The number of hydrogen-bond donors (Lipinski definition) is 4. The largest absolute Gasteiger partial charge is 0.494 e. The lowest BCUT2D eigenvalue weighted by atomic mass is 10.0. The number of imidazole rings is 2. The SMILES string of the molecule is CCOc1ccc(N2[C@@H](c3ccc4nc([C@@H]5CCCN5C(=O)C(NC(=O)OC)C(C)C)[nH]c4c3)CC[C@@H]2c2ccc3nc([C@@H]4CCCN4C(=O)[C@@H](NC(=O)OC)C(C)C)[nH]c3c2)cc1. The van der Waals surface area contributed by atoms with Gasteiger partial charge in [0.1, 0.15) is 29.5 Å². The van der Waals surface area contributed by atoms with Crippen LogP contribution < -0.4 is 20.3 Å². The van der Waals surface area contributed by atoms with Gasteiger partial charge in [-0.2, -0.15) is 0 Å². The van der Waals surface area contributed by atoms with Crippen molar-refractivity contribution in [1.29, 1.82) is 0 Å². The summed E-state index contributed by atoms with van der Waals surface area (Å²) in [7, 11) is 2.60. The van der Waals surface area contributed by atoms with Crippen LogP contribution in [0.15, 0.2) is 60.7 Å². The number of alkyl carbamates (subject to hydrolysis) is 2. The van der Waals surface area contributed by atoms with Crippen molar-refractivity contribution in [3.63, 3.8) is 0 Å². The molecule has 5 aromatic rings. The molecule has 16 nitrogen and oxygen atoms in total. The van der Waals surface area contributed by atoms with E-state index in [9.17, 15) is 19.2 Å². The molecular weight excluding hydrogens is 815 g/mol. The second-order valence-corrected chi connectivity index (χ2v) is 17.8. The summed E-state index contributed by atoms with van der Waals surface area (Å²) >= 11 is 0. The molecule has 6 atom stereocenters. The minimum absolute atomic E-state index is 0.0402. The molecular formula is C48H61N9O7. The number of nitrogens with one attached hydrogen (secondary N) is 4. The fourth-order valence-electron chi connectivity index (χ4n) is 9.92. The molecule has 3 saturated heterocycles. The zero-order valence-electron chi connectivity index (χ0n) is 37.9. The monoisotopic (exact) mass is 875 g/mol. The summed E-state index contributed by atoms with van der Waals surface area (Å²) in [6, 6.07) is 19.3. The van der Waals surface area contributed by atoms with E-state index < -0.39 is 24.3 Å². The molecule has 3 aliphatic rings. The summed E-state index contributed by atoms with van der Waals surface area (Å²) in [5, 5.41) is 5.47. The van der Waals surface area contributed by atoms with Gasteiger partial charge in [-0.1, -0.05) is 39.8 Å². The number of carbonyl (C=O) groups is 4. The van der Waals surface area contributed by atoms with Crippen LogP contribution in [0.1, 0.15) is 120 Å². The van der Waals surface area contributed by atoms with Gasteiger partial charge in [-0.25, -0.2) is 19.6 Å². The molecule has 2 aromatic heterocycles. The Morgan fingerprint density at radius 3 is 1.52 bits per heavy atom. The summed E-state index contributed by atoms with van der Waals surface area (Å²) < 4.78 is 15.5. The Morgan fingerprint density at radius 1 is 0.656 bits per heavy atom. The first-order valence-electron chi connectivity index (χ1n) is 22.7. The normalized spacial score (nSPS) is 20.9. The summed E-state index contributed by atoms with van der Waals surface area (Å²) in [6.45, 7) is 11.4. The van der Waals surface area contributed by atoms with E-state index in [1.807, 2.05) is 56.6 Å². The van der Waals surface area contributed by atoms with Crippen molar-refractivity contribution in [2.45, 2.75) is 109 Å². The Hall–Kier alpha value is -6.32. The molecule has 4 amide bonds. The third-order valence-electron chi connectivity index (χ3n) is 13.1. The van der Waals surface area contributed by atoms with Gasteiger partial charge in [-0.3, -0.25) is 9.59 Å². The van der Waals surface area contributed by atoms with E-state index in [2.05, 4.69) is 74.0 Å². The van der Waals surface area contributed by atoms with Gasteiger partial charge in [0.15, 0.2) is 0 Å². The third-order valence-corrected chi connectivity index (χ3v) is 13.1. The molecule has 4 N–H and O–H groups in total. The highest BCUT2D eigenvalue weighted by Gasteiger charge is 2.40. The predicted octanol–water partition coefficient (Wildman–Crippen LogP) is 8.01. The molecule has 3 aromatic carbocycles. The van der Waals surface area contributed by atoms with Gasteiger partial charge in [0, 0.05) is 18.8 Å². The Kier molecular flexibility index (Phi) is 13.0. The molecule has 0 bridgehead atoms. The molecule has 1 unspecified atom stereocenters. The lowest BCUT2D eigenvalue weighted by Gasteiger charge is -2.33. The zero-order valence-corrected chi connectivity index (χ0v) is 37.9. The number of aromatic amines is 2. The molecule has 16 heteroatoms. The van der Waals surface area contributed by atoms with Crippen molar-refractivity contribution in [2.24, 2.45) is 11.8 Å². The molecule has 3 aliphatic heterocycles. The smallest absolute Gasteiger partial charge is 0.407 e. The number of carbonyl (C=O) groups excluding carboxylic acids is 4. The number of H-pyrrole nitrogens is 2. The van der Waals surface area contributed by atoms with Gasteiger partial charge in [0.25, 0.3) is 0 Å². The molecule has 0 saturated carbocycles. The number of hydrogen-bond acceptors (Lipinski definition) is 10. The maximum absolute atomic E-state index is 13.9. The van der Waals surface area contributed by atoms with Gasteiger partial charge >= 0.3 is 12.2 Å². The first kappa shape index (κ1) is 44.3. The zero-order chi connectivity index (χ0) is 45.2. The van der Waals surface area contributed by atoms with Gasteiger partial charge in [-0.05, 0) is 117 Å². The quantitative estimate of drug-likeness (QED) is 0.0903. The number of anilines is 1. The summed E-state index contributed by atoms with van der Waals surface area (Å²) in [5.41, 5.74) is 6.85.